The van der Waals surface area contributed by atoms with Gasteiger partial charge in [0.15, 0.2) is 0 Å². The second kappa shape index (κ2) is 8.90. The van der Waals surface area contributed by atoms with Crippen molar-refractivity contribution in [3.8, 4) is 5.75 Å². The third kappa shape index (κ3) is 5.01. The van der Waals surface area contributed by atoms with Gasteiger partial charge in [-0.05, 0) is 23.3 Å². The van der Waals surface area contributed by atoms with E-state index < -0.39 is 29.4 Å². The molecule has 1 atom stereocenters. The molecule has 3 aromatic rings. The molecule has 6 N–H and O–H groups in total. The van der Waals surface area contributed by atoms with Gasteiger partial charge in [0.2, 0.25) is 0 Å². The van der Waals surface area contributed by atoms with E-state index in [9.17, 15) is 39.2 Å². The summed E-state index contributed by atoms with van der Waals surface area (Å²) in [7, 11) is -4.75. The van der Waals surface area contributed by atoms with Crippen LogP contribution in [0.2, 0.25) is 0 Å². The Morgan fingerprint density at radius 2 is 1.80 bits per heavy atom. The number of fused-ring (bicyclic) bond motifs is 1. The average molecular weight is 503 g/mol. The first-order valence-corrected chi connectivity index (χ1v) is 9.75. The van der Waals surface area contributed by atoms with Crippen LogP contribution in [0.5, 0.6) is 5.75 Å². The van der Waals surface area contributed by atoms with Crippen LogP contribution in [0.4, 0.5) is 5.69 Å². The number of halogens is 1. The lowest BCUT2D eigenvalue weighted by Gasteiger charge is -2.21. The number of non-ortho nitro benzene ring substituents is 1. The molecule has 30 heavy (non-hydrogen) atoms. The van der Waals surface area contributed by atoms with Gasteiger partial charge in [0.05, 0.1) is 16.0 Å². The highest BCUT2D eigenvalue weighted by molar-refractivity contribution is 8.93. The lowest BCUT2D eigenvalue weighted by atomic mass is 10.1. The maximum atomic E-state index is 11.9. The Balaban J connectivity index is 0.00000320. The monoisotopic (exact) mass is 502 g/mol. The lowest BCUT2D eigenvalue weighted by Crippen LogP contribution is -2.29. The molecular weight excluding hydrogens is 487 g/mol. The van der Waals surface area contributed by atoms with E-state index in [2.05, 4.69) is 15.3 Å². The zero-order valence-electron chi connectivity index (χ0n) is 14.9. The quantitative estimate of drug-likeness (QED) is 0.124. The molecular formula is C16H16BrN4O8P. The molecule has 1 aromatic heterocycles. The Bertz CT molecular complexity index is 1270. The first kappa shape index (κ1) is 23.4. The highest BCUT2D eigenvalue weighted by Crippen LogP contribution is 2.50. The maximum Gasteiger partial charge on any atom is 0.346 e. The lowest BCUT2D eigenvalue weighted by molar-refractivity contribution is -0.384. The number of aromatic nitrogens is 2. The van der Waals surface area contributed by atoms with Gasteiger partial charge < -0.3 is 24.9 Å². The molecule has 1 unspecified atom stereocenters. The first-order chi connectivity index (χ1) is 13.6. The van der Waals surface area contributed by atoms with Crippen LogP contribution in [0.1, 0.15) is 16.9 Å². The average Bonchev–Trinajstić information content (AvgIpc) is 2.61. The normalized spacial score (nSPS) is 12.3. The molecule has 2 aromatic carbocycles. The molecule has 0 amide bonds. The Hall–Kier alpha value is -2.83. The van der Waals surface area contributed by atoms with Crippen molar-refractivity contribution >= 4 is 41.3 Å². The number of aromatic hydroxyl groups is 1. The third-order valence-electron chi connectivity index (χ3n) is 4.12. The van der Waals surface area contributed by atoms with E-state index in [-0.39, 0.29) is 57.1 Å². The molecule has 1 heterocycles. The summed E-state index contributed by atoms with van der Waals surface area (Å²) >= 11 is 0. The van der Waals surface area contributed by atoms with Crippen molar-refractivity contribution in [2.45, 2.75) is 12.3 Å². The number of nitro benzene ring substituents is 1. The van der Waals surface area contributed by atoms with Crippen molar-refractivity contribution in [2.75, 3.05) is 0 Å². The van der Waals surface area contributed by atoms with E-state index >= 15 is 0 Å². The molecule has 14 heteroatoms. The van der Waals surface area contributed by atoms with Gasteiger partial charge in [-0.15, -0.1) is 17.0 Å². The van der Waals surface area contributed by atoms with Crippen LogP contribution >= 0.6 is 24.6 Å². The van der Waals surface area contributed by atoms with Crippen molar-refractivity contribution < 1.29 is 24.4 Å². The predicted molar refractivity (Wildman–Crippen MR) is 112 cm³/mol. The fourth-order valence-electron chi connectivity index (χ4n) is 2.86. The number of hydrogen-bond acceptors (Lipinski definition) is 7. The van der Waals surface area contributed by atoms with Crippen LogP contribution in [0, 0.1) is 10.1 Å². The smallest absolute Gasteiger partial charge is 0.346 e. The second-order valence-electron chi connectivity index (χ2n) is 6.16. The minimum absolute atomic E-state index is 0. The molecule has 160 valence electrons. The molecule has 0 aliphatic carbocycles. The second-order valence-corrected chi connectivity index (χ2v) is 7.85. The number of nitrogens with zero attached hydrogens (tertiary/aromatic N) is 1. The van der Waals surface area contributed by atoms with Crippen LogP contribution in [0.15, 0.2) is 46.0 Å². The van der Waals surface area contributed by atoms with Gasteiger partial charge in [0.25, 0.3) is 5.69 Å². The number of rotatable bonds is 6. The van der Waals surface area contributed by atoms with E-state index in [0.717, 1.165) is 12.1 Å². The van der Waals surface area contributed by atoms with Crippen LogP contribution in [0.25, 0.3) is 11.0 Å². The third-order valence-corrected chi connectivity index (χ3v) is 5.27. The van der Waals surface area contributed by atoms with E-state index in [1.54, 1.807) is 0 Å². The zero-order valence-corrected chi connectivity index (χ0v) is 17.5. The number of phenolic OH excluding ortho intramolecular Hbond substituents is 1. The number of aromatic amines is 2. The van der Waals surface area contributed by atoms with Crippen molar-refractivity contribution in [3.05, 3.63) is 78.3 Å². The minimum Gasteiger partial charge on any atom is -0.508 e. The standard InChI is InChI=1S/C16H15N4O8P.BrH/c21-11-3-1-2-8(5-11)16(29(26,27)28)17-7-9-4-10(20(24)25)6-12-13(9)19-15(23)14(22)18-12;/h1-6,16-17,21H,7H2,(H,18,22)(H,19,23)(H2,26,27,28);1H. The molecule has 0 radical (unpaired) electrons. The maximum absolute atomic E-state index is 11.9. The van der Waals surface area contributed by atoms with Crippen molar-refractivity contribution in [2.24, 2.45) is 0 Å². The van der Waals surface area contributed by atoms with Crippen LogP contribution in [-0.2, 0) is 11.1 Å². The Labute approximate surface area is 177 Å². The van der Waals surface area contributed by atoms with Gasteiger partial charge in [-0.3, -0.25) is 29.6 Å². The fourth-order valence-corrected chi connectivity index (χ4v) is 3.74. The molecule has 0 spiro atoms. The summed E-state index contributed by atoms with van der Waals surface area (Å²) < 4.78 is 11.9. The number of nitro groups is 1. The predicted octanol–water partition coefficient (Wildman–Crippen LogP) is 1.37. The summed E-state index contributed by atoms with van der Waals surface area (Å²) in [5.74, 6) is -1.73. The molecule has 0 saturated carbocycles. The van der Waals surface area contributed by atoms with Crippen molar-refractivity contribution in [1.29, 1.82) is 0 Å². The number of hydrogen-bond donors (Lipinski definition) is 6. The highest BCUT2D eigenvalue weighted by atomic mass is 79.9. The summed E-state index contributed by atoms with van der Waals surface area (Å²) in [5, 5.41) is 23.4. The summed E-state index contributed by atoms with van der Waals surface area (Å²) in [6.45, 7) is -0.300. The summed E-state index contributed by atoms with van der Waals surface area (Å²) in [4.78, 5) is 57.6. The molecule has 0 aliphatic heterocycles. The largest absolute Gasteiger partial charge is 0.508 e. The SMILES string of the molecule is Br.O=c1[nH]c2cc([N+](=O)[O-])cc(CNC(c3cccc(O)c3)P(=O)(O)O)c2[nH]c1=O. The van der Waals surface area contributed by atoms with Gasteiger partial charge in [0.1, 0.15) is 11.5 Å². The van der Waals surface area contributed by atoms with Crippen molar-refractivity contribution in [1.82, 2.24) is 15.3 Å². The van der Waals surface area contributed by atoms with Crippen LogP contribution < -0.4 is 16.4 Å². The minimum atomic E-state index is -4.75. The van der Waals surface area contributed by atoms with E-state index in [4.69, 9.17) is 0 Å². The highest BCUT2D eigenvalue weighted by Gasteiger charge is 2.30. The number of phenols is 1. The first-order valence-electron chi connectivity index (χ1n) is 8.07. The topological polar surface area (TPSA) is 199 Å². The van der Waals surface area contributed by atoms with Gasteiger partial charge in [-0.1, -0.05) is 12.1 Å². The van der Waals surface area contributed by atoms with Gasteiger partial charge in [-0.25, -0.2) is 0 Å². The Kier molecular flexibility index (Phi) is 6.95. The van der Waals surface area contributed by atoms with E-state index in [1.807, 2.05) is 0 Å². The van der Waals surface area contributed by atoms with Gasteiger partial charge in [0, 0.05) is 18.7 Å². The summed E-state index contributed by atoms with van der Waals surface area (Å²) in [6, 6.07) is 7.47. The number of H-pyrrole nitrogens is 2. The summed E-state index contributed by atoms with van der Waals surface area (Å²) in [6.07, 6.45) is 0. The molecule has 0 aliphatic rings. The fraction of sp³-hybridized carbons (Fsp3) is 0.125. The van der Waals surface area contributed by atoms with Gasteiger partial charge in [-0.2, -0.15) is 0 Å². The number of benzene rings is 2. The zero-order chi connectivity index (χ0) is 21.3. The van der Waals surface area contributed by atoms with E-state index in [0.29, 0.717) is 0 Å². The number of nitrogens with one attached hydrogen (secondary N) is 3. The van der Waals surface area contributed by atoms with E-state index in [1.165, 1.54) is 24.3 Å². The van der Waals surface area contributed by atoms with Gasteiger partial charge >= 0.3 is 18.7 Å². The molecule has 0 bridgehead atoms. The molecule has 12 nitrogen and oxygen atoms in total. The Morgan fingerprint density at radius 3 is 2.40 bits per heavy atom. The van der Waals surface area contributed by atoms with Crippen molar-refractivity contribution in [3.63, 3.8) is 0 Å². The van der Waals surface area contributed by atoms with Crippen LogP contribution in [0.3, 0.4) is 0 Å². The summed E-state index contributed by atoms with van der Waals surface area (Å²) in [5.41, 5.74) is -2.08. The Morgan fingerprint density at radius 1 is 1.13 bits per heavy atom. The van der Waals surface area contributed by atoms with Crippen LogP contribution in [-0.4, -0.2) is 29.8 Å². The molecule has 3 rings (SSSR count). The molecule has 0 fully saturated rings. The molecule has 0 saturated heterocycles.